The zero-order chi connectivity index (χ0) is 24.7. The summed E-state index contributed by atoms with van der Waals surface area (Å²) in [5.41, 5.74) is 6.05. The van der Waals surface area contributed by atoms with E-state index < -0.39 is 0 Å². The van der Waals surface area contributed by atoms with Gasteiger partial charge in [0.1, 0.15) is 5.75 Å². The number of methoxy groups -OCH3 is 1. The van der Waals surface area contributed by atoms with Crippen LogP contribution in [-0.4, -0.2) is 21.8 Å². The van der Waals surface area contributed by atoms with Crippen molar-refractivity contribution in [2.75, 3.05) is 12.0 Å². The third-order valence-corrected chi connectivity index (χ3v) is 7.24. The van der Waals surface area contributed by atoms with Gasteiger partial charge < -0.3 is 19.5 Å². The van der Waals surface area contributed by atoms with E-state index in [4.69, 9.17) is 40.2 Å². The fourth-order valence-corrected chi connectivity index (χ4v) is 5.65. The Morgan fingerprint density at radius 2 is 1.77 bits per heavy atom. The van der Waals surface area contributed by atoms with Crippen molar-refractivity contribution in [2.45, 2.75) is 25.9 Å². The van der Waals surface area contributed by atoms with E-state index in [9.17, 15) is 0 Å². The van der Waals surface area contributed by atoms with Crippen LogP contribution in [0.1, 0.15) is 34.7 Å². The molecule has 0 unspecified atom stereocenters. The number of aryl methyl sites for hydroxylation is 1. The van der Waals surface area contributed by atoms with Crippen LogP contribution in [0.25, 0.3) is 5.69 Å². The van der Waals surface area contributed by atoms with Crippen molar-refractivity contribution in [3.63, 3.8) is 0 Å². The van der Waals surface area contributed by atoms with Crippen LogP contribution in [0.2, 0.25) is 10.0 Å². The number of nitrogens with zero attached hydrogens (tertiary/aromatic N) is 3. The average molecular weight is 523 g/mol. The first kappa shape index (κ1) is 23.7. The van der Waals surface area contributed by atoms with Crippen molar-refractivity contribution in [3.05, 3.63) is 106 Å². The number of thiocarbonyl (C=S) groups is 1. The number of pyridine rings is 1. The van der Waals surface area contributed by atoms with Gasteiger partial charge in [-0.1, -0.05) is 29.3 Å². The average Bonchev–Trinajstić information content (AvgIpc) is 3.35. The number of benzene rings is 2. The number of anilines is 1. The van der Waals surface area contributed by atoms with Crippen molar-refractivity contribution in [3.8, 4) is 11.4 Å². The number of nitrogens with one attached hydrogen (secondary N) is 1. The Balaban J connectivity index is 1.67. The zero-order valence-electron chi connectivity index (χ0n) is 19.5. The lowest BCUT2D eigenvalue weighted by Gasteiger charge is -2.28. The molecule has 0 aliphatic carbocycles. The van der Waals surface area contributed by atoms with Crippen LogP contribution in [0.15, 0.2) is 72.9 Å². The summed E-state index contributed by atoms with van der Waals surface area (Å²) in [5.74, 6) is 0.792. The van der Waals surface area contributed by atoms with Gasteiger partial charge in [-0.25, -0.2) is 0 Å². The third kappa shape index (κ3) is 4.27. The SMILES string of the molecule is COc1ccc(N2C(=S)N[C@H](c3ccccn3)[C@@H]2c2cc(C)n(-c3ccc(Cl)cc3Cl)c2C)cc1. The van der Waals surface area contributed by atoms with Gasteiger partial charge in [0.2, 0.25) is 0 Å². The molecule has 1 N–H and O–H groups in total. The maximum absolute atomic E-state index is 6.61. The molecule has 35 heavy (non-hydrogen) atoms. The second-order valence-electron chi connectivity index (χ2n) is 8.45. The lowest BCUT2D eigenvalue weighted by Crippen LogP contribution is -2.29. The fourth-order valence-electron chi connectivity index (χ4n) is 4.81. The normalized spacial score (nSPS) is 17.5. The zero-order valence-corrected chi connectivity index (χ0v) is 21.8. The van der Waals surface area contributed by atoms with E-state index in [2.05, 4.69) is 39.7 Å². The minimum Gasteiger partial charge on any atom is -0.497 e. The smallest absolute Gasteiger partial charge is 0.174 e. The highest BCUT2D eigenvalue weighted by Gasteiger charge is 2.42. The van der Waals surface area contributed by atoms with Gasteiger partial charge in [0.05, 0.1) is 35.6 Å². The van der Waals surface area contributed by atoms with Gasteiger partial charge >= 0.3 is 0 Å². The Kier molecular flexibility index (Phi) is 6.45. The number of rotatable bonds is 5. The lowest BCUT2D eigenvalue weighted by atomic mass is 9.96. The Morgan fingerprint density at radius 1 is 1.00 bits per heavy atom. The largest absolute Gasteiger partial charge is 0.497 e. The van der Waals surface area contributed by atoms with Crippen LogP contribution in [0.3, 0.4) is 0 Å². The first-order chi connectivity index (χ1) is 16.9. The molecular weight excluding hydrogens is 499 g/mol. The Bertz CT molecular complexity index is 1390. The molecule has 5 nitrogen and oxygen atoms in total. The predicted octanol–water partition coefficient (Wildman–Crippen LogP) is 6.98. The lowest BCUT2D eigenvalue weighted by molar-refractivity contribution is 0.415. The van der Waals surface area contributed by atoms with Gasteiger partial charge in [-0.3, -0.25) is 4.98 Å². The quantitative estimate of drug-likeness (QED) is 0.286. The monoisotopic (exact) mass is 522 g/mol. The van der Waals surface area contributed by atoms with E-state index in [1.165, 1.54) is 0 Å². The summed E-state index contributed by atoms with van der Waals surface area (Å²) in [4.78, 5) is 6.81. The van der Waals surface area contributed by atoms with Crippen LogP contribution >= 0.6 is 35.4 Å². The van der Waals surface area contributed by atoms with E-state index in [0.717, 1.165) is 39.8 Å². The minimum absolute atomic E-state index is 0.128. The summed E-state index contributed by atoms with van der Waals surface area (Å²) >= 11 is 18.6. The molecule has 0 saturated carbocycles. The molecule has 4 aromatic rings. The molecular formula is C27H24Cl2N4OS. The summed E-state index contributed by atoms with van der Waals surface area (Å²) in [6, 6.07) is 21.4. The van der Waals surface area contributed by atoms with E-state index >= 15 is 0 Å². The van der Waals surface area contributed by atoms with Crippen molar-refractivity contribution >= 4 is 46.2 Å². The predicted molar refractivity (Wildman–Crippen MR) is 146 cm³/mol. The van der Waals surface area contributed by atoms with Crippen molar-refractivity contribution in [1.82, 2.24) is 14.9 Å². The maximum Gasteiger partial charge on any atom is 0.174 e. The Hall–Kier alpha value is -3.06. The van der Waals surface area contributed by atoms with Gasteiger partial charge in [-0.2, -0.15) is 0 Å². The van der Waals surface area contributed by atoms with E-state index in [-0.39, 0.29) is 12.1 Å². The summed E-state index contributed by atoms with van der Waals surface area (Å²) in [6.07, 6.45) is 1.81. The van der Waals surface area contributed by atoms with Crippen molar-refractivity contribution in [2.24, 2.45) is 0 Å². The molecule has 5 rings (SSSR count). The third-order valence-electron chi connectivity index (χ3n) is 6.39. The second kappa shape index (κ2) is 9.53. The maximum atomic E-state index is 6.61. The van der Waals surface area contributed by atoms with Gasteiger partial charge in [0.15, 0.2) is 5.11 Å². The Labute approximate surface area is 220 Å². The number of hydrogen-bond acceptors (Lipinski definition) is 3. The first-order valence-electron chi connectivity index (χ1n) is 11.2. The molecule has 1 fully saturated rings. The number of halogens is 2. The summed E-state index contributed by atoms with van der Waals surface area (Å²) in [5, 5.41) is 5.37. The second-order valence-corrected chi connectivity index (χ2v) is 9.68. The van der Waals surface area contributed by atoms with Crippen LogP contribution in [0, 0.1) is 13.8 Å². The van der Waals surface area contributed by atoms with Gasteiger partial charge in [0, 0.05) is 28.3 Å². The molecule has 0 bridgehead atoms. The summed E-state index contributed by atoms with van der Waals surface area (Å²) in [6.45, 7) is 4.19. The molecule has 1 aliphatic rings. The number of hydrogen-bond donors (Lipinski definition) is 1. The number of ether oxygens (including phenoxy) is 1. The number of aromatic nitrogens is 2. The summed E-state index contributed by atoms with van der Waals surface area (Å²) in [7, 11) is 1.66. The van der Waals surface area contributed by atoms with Gasteiger partial charge in [-0.15, -0.1) is 0 Å². The standard InChI is InChI=1S/C27H24Cl2N4OS/c1-16-14-21(17(2)32(16)24-12-7-18(28)15-22(24)29)26-25(23-6-4-5-13-30-23)31-27(35)33(26)19-8-10-20(34-3)11-9-19/h4-15,25-26H,1-3H3,(H,31,35)/t25-,26+/m1/s1. The van der Waals surface area contributed by atoms with Crippen LogP contribution in [0.5, 0.6) is 5.75 Å². The Morgan fingerprint density at radius 3 is 2.43 bits per heavy atom. The highest BCUT2D eigenvalue weighted by atomic mass is 35.5. The molecule has 1 aliphatic heterocycles. The molecule has 1 saturated heterocycles. The molecule has 3 heterocycles. The van der Waals surface area contributed by atoms with Crippen molar-refractivity contribution < 1.29 is 4.74 Å². The molecule has 178 valence electrons. The fraction of sp³-hybridized carbons (Fsp3) is 0.185. The molecule has 0 amide bonds. The van der Waals surface area contributed by atoms with Gasteiger partial charge in [0.25, 0.3) is 0 Å². The van der Waals surface area contributed by atoms with E-state index in [1.54, 1.807) is 13.2 Å². The molecule has 2 atom stereocenters. The highest BCUT2D eigenvalue weighted by Crippen LogP contribution is 2.44. The molecule has 0 spiro atoms. The highest BCUT2D eigenvalue weighted by molar-refractivity contribution is 7.80. The van der Waals surface area contributed by atoms with Crippen LogP contribution < -0.4 is 15.0 Å². The van der Waals surface area contributed by atoms with E-state index in [1.807, 2.05) is 60.8 Å². The molecule has 2 aromatic heterocycles. The van der Waals surface area contributed by atoms with Crippen LogP contribution in [0.4, 0.5) is 5.69 Å². The first-order valence-corrected chi connectivity index (χ1v) is 12.3. The summed E-state index contributed by atoms with van der Waals surface area (Å²) < 4.78 is 7.53. The molecule has 0 radical (unpaired) electrons. The van der Waals surface area contributed by atoms with Crippen molar-refractivity contribution in [1.29, 1.82) is 0 Å². The van der Waals surface area contributed by atoms with Gasteiger partial charge in [-0.05, 0) is 92.3 Å². The molecule has 2 aromatic carbocycles. The topological polar surface area (TPSA) is 42.3 Å². The van der Waals surface area contributed by atoms with Crippen LogP contribution in [-0.2, 0) is 0 Å². The van der Waals surface area contributed by atoms with E-state index in [0.29, 0.717) is 15.2 Å². The molecule has 8 heteroatoms. The minimum atomic E-state index is -0.138.